The maximum atomic E-state index is 5.61. The van der Waals surface area contributed by atoms with Crippen LogP contribution in [0.2, 0.25) is 0 Å². The van der Waals surface area contributed by atoms with Crippen LogP contribution in [0.3, 0.4) is 0 Å². The van der Waals surface area contributed by atoms with Gasteiger partial charge in [0.15, 0.2) is 5.96 Å². The van der Waals surface area contributed by atoms with Crippen LogP contribution in [0.15, 0.2) is 59.6 Å². The molecule has 2 aromatic carbocycles. The quantitative estimate of drug-likeness (QED) is 0.358. The number of hydrogen-bond acceptors (Lipinski definition) is 4. The fourth-order valence-electron chi connectivity index (χ4n) is 3.72. The molecule has 6 nitrogen and oxygen atoms in total. The second-order valence-corrected chi connectivity index (χ2v) is 7.54. The van der Waals surface area contributed by atoms with Crippen LogP contribution in [0.5, 0.6) is 5.75 Å². The Morgan fingerprint density at radius 3 is 2.57 bits per heavy atom. The van der Waals surface area contributed by atoms with Crippen molar-refractivity contribution in [2.75, 3.05) is 40.5 Å². The van der Waals surface area contributed by atoms with Gasteiger partial charge in [0.1, 0.15) is 12.4 Å². The van der Waals surface area contributed by atoms with Crippen molar-refractivity contribution in [2.24, 2.45) is 4.99 Å². The second-order valence-electron chi connectivity index (χ2n) is 7.54. The van der Waals surface area contributed by atoms with Gasteiger partial charge in [0.25, 0.3) is 0 Å². The van der Waals surface area contributed by atoms with E-state index in [1.165, 1.54) is 24.0 Å². The molecule has 6 heteroatoms. The highest BCUT2D eigenvalue weighted by atomic mass is 16.5. The van der Waals surface area contributed by atoms with Gasteiger partial charge in [0, 0.05) is 39.8 Å². The summed E-state index contributed by atoms with van der Waals surface area (Å²) in [6.45, 7) is 4.95. The molecule has 2 N–H and O–H groups in total. The van der Waals surface area contributed by atoms with E-state index in [2.05, 4.69) is 63.0 Å². The van der Waals surface area contributed by atoms with Crippen LogP contribution in [0.1, 0.15) is 24.0 Å². The highest BCUT2D eigenvalue weighted by Gasteiger charge is 2.24. The van der Waals surface area contributed by atoms with Crippen LogP contribution in [0.4, 0.5) is 0 Å². The maximum Gasteiger partial charge on any atom is 0.191 e. The van der Waals surface area contributed by atoms with Gasteiger partial charge in [-0.25, -0.2) is 0 Å². The summed E-state index contributed by atoms with van der Waals surface area (Å²) in [7, 11) is 3.49. The smallest absolute Gasteiger partial charge is 0.191 e. The van der Waals surface area contributed by atoms with Crippen molar-refractivity contribution in [2.45, 2.75) is 32.0 Å². The normalized spacial score (nSPS) is 17.1. The zero-order valence-electron chi connectivity index (χ0n) is 18.1. The number of benzene rings is 2. The molecule has 2 aromatic rings. The Hall–Kier alpha value is -2.57. The van der Waals surface area contributed by atoms with Gasteiger partial charge in [-0.1, -0.05) is 42.5 Å². The zero-order valence-corrected chi connectivity index (χ0v) is 18.1. The number of methoxy groups -OCH3 is 1. The van der Waals surface area contributed by atoms with E-state index in [0.717, 1.165) is 37.9 Å². The molecule has 3 rings (SSSR count). The molecule has 1 saturated heterocycles. The lowest BCUT2D eigenvalue weighted by Crippen LogP contribution is -2.44. The van der Waals surface area contributed by atoms with Gasteiger partial charge in [0.05, 0.1) is 6.61 Å². The van der Waals surface area contributed by atoms with E-state index >= 15 is 0 Å². The van der Waals surface area contributed by atoms with Crippen molar-refractivity contribution in [1.82, 2.24) is 15.5 Å². The minimum atomic E-state index is 0.535. The third kappa shape index (κ3) is 7.04. The molecule has 0 bridgehead atoms. The van der Waals surface area contributed by atoms with Gasteiger partial charge in [-0.2, -0.15) is 0 Å². The topological polar surface area (TPSA) is 58.1 Å². The average molecular weight is 411 g/mol. The number of likely N-dealkylation sites (tertiary alicyclic amines) is 1. The van der Waals surface area contributed by atoms with Gasteiger partial charge >= 0.3 is 0 Å². The zero-order chi connectivity index (χ0) is 21.0. The third-order valence-electron chi connectivity index (χ3n) is 5.40. The summed E-state index contributed by atoms with van der Waals surface area (Å²) >= 11 is 0. The van der Waals surface area contributed by atoms with E-state index in [0.29, 0.717) is 19.3 Å². The minimum absolute atomic E-state index is 0.535. The number of hydrogen-bond donors (Lipinski definition) is 2. The van der Waals surface area contributed by atoms with E-state index in [9.17, 15) is 0 Å². The van der Waals surface area contributed by atoms with Crippen LogP contribution in [-0.4, -0.2) is 57.4 Å². The minimum Gasteiger partial charge on any atom is -0.491 e. The monoisotopic (exact) mass is 410 g/mol. The predicted octanol–water partition coefficient (Wildman–Crippen LogP) is 3.04. The SMILES string of the molecule is CN=C(NCc1ccc(OCCOC)cc1)NCC1CCCN1Cc1ccccc1. The lowest BCUT2D eigenvalue weighted by Gasteiger charge is -2.25. The van der Waals surface area contributed by atoms with Crippen LogP contribution >= 0.6 is 0 Å². The summed E-state index contributed by atoms with van der Waals surface area (Å²) in [4.78, 5) is 6.95. The number of guanidine groups is 1. The molecular formula is C24H34N4O2. The number of aliphatic imine (C=N–C) groups is 1. The third-order valence-corrected chi connectivity index (χ3v) is 5.40. The molecule has 0 radical (unpaired) electrons. The largest absolute Gasteiger partial charge is 0.491 e. The molecule has 1 atom stereocenters. The summed E-state index contributed by atoms with van der Waals surface area (Å²) in [5.41, 5.74) is 2.56. The first-order valence-corrected chi connectivity index (χ1v) is 10.7. The Kier molecular flexibility index (Phi) is 9.00. The van der Waals surface area contributed by atoms with Crippen LogP contribution in [0.25, 0.3) is 0 Å². The second kappa shape index (κ2) is 12.2. The molecule has 0 saturated carbocycles. The molecule has 0 spiro atoms. The molecule has 0 amide bonds. The van der Waals surface area contributed by atoms with Gasteiger partial charge in [-0.05, 0) is 42.6 Å². The lowest BCUT2D eigenvalue weighted by atomic mass is 10.2. The average Bonchev–Trinajstić information content (AvgIpc) is 3.22. The molecule has 1 aliphatic heterocycles. The fourth-order valence-corrected chi connectivity index (χ4v) is 3.72. The van der Waals surface area contributed by atoms with E-state index in [1.807, 2.05) is 19.2 Å². The highest BCUT2D eigenvalue weighted by Crippen LogP contribution is 2.19. The fraction of sp³-hybridized carbons (Fsp3) is 0.458. The highest BCUT2D eigenvalue weighted by molar-refractivity contribution is 5.79. The Labute approximate surface area is 180 Å². The Morgan fingerprint density at radius 1 is 1.03 bits per heavy atom. The number of rotatable bonds is 10. The van der Waals surface area contributed by atoms with Crippen LogP contribution < -0.4 is 15.4 Å². The van der Waals surface area contributed by atoms with Crippen molar-refractivity contribution in [1.29, 1.82) is 0 Å². The van der Waals surface area contributed by atoms with E-state index in [-0.39, 0.29) is 0 Å². The summed E-state index contributed by atoms with van der Waals surface area (Å²) in [6, 6.07) is 19.4. The van der Waals surface area contributed by atoms with Gasteiger partial charge in [0.2, 0.25) is 0 Å². The van der Waals surface area contributed by atoms with E-state index in [1.54, 1.807) is 7.11 Å². The molecule has 1 heterocycles. The first-order valence-electron chi connectivity index (χ1n) is 10.7. The van der Waals surface area contributed by atoms with Crippen LogP contribution in [-0.2, 0) is 17.8 Å². The first kappa shape index (κ1) is 22.1. The standard InChI is InChI=1S/C24H34N4O2/c1-25-24(26-17-20-10-12-23(13-11-20)30-16-15-29-2)27-18-22-9-6-14-28(22)19-21-7-4-3-5-8-21/h3-5,7-8,10-13,22H,6,9,14-19H2,1-2H3,(H2,25,26,27). The van der Waals surface area contributed by atoms with Crippen LogP contribution in [0, 0.1) is 0 Å². The summed E-state index contributed by atoms with van der Waals surface area (Å²) < 4.78 is 10.6. The van der Waals surface area contributed by atoms with Crippen molar-refractivity contribution in [3.05, 3.63) is 65.7 Å². The molecular weight excluding hydrogens is 376 g/mol. The summed E-state index contributed by atoms with van der Waals surface area (Å²) in [5.74, 6) is 1.69. The van der Waals surface area contributed by atoms with Crippen molar-refractivity contribution in [3.8, 4) is 5.75 Å². The molecule has 0 aromatic heterocycles. The van der Waals surface area contributed by atoms with Crippen molar-refractivity contribution >= 4 is 5.96 Å². The molecule has 30 heavy (non-hydrogen) atoms. The molecule has 1 unspecified atom stereocenters. The number of ether oxygens (including phenoxy) is 2. The molecule has 162 valence electrons. The molecule has 0 aliphatic carbocycles. The van der Waals surface area contributed by atoms with Gasteiger partial charge in [-0.3, -0.25) is 9.89 Å². The Bertz CT molecular complexity index is 765. The van der Waals surface area contributed by atoms with E-state index < -0.39 is 0 Å². The first-order chi connectivity index (χ1) is 14.8. The van der Waals surface area contributed by atoms with Crippen molar-refractivity contribution < 1.29 is 9.47 Å². The van der Waals surface area contributed by atoms with Gasteiger partial charge < -0.3 is 20.1 Å². The predicted molar refractivity (Wildman–Crippen MR) is 122 cm³/mol. The summed E-state index contributed by atoms with van der Waals surface area (Å²) in [6.07, 6.45) is 2.48. The van der Waals surface area contributed by atoms with Gasteiger partial charge in [-0.15, -0.1) is 0 Å². The summed E-state index contributed by atoms with van der Waals surface area (Å²) in [5, 5.41) is 6.91. The molecule has 1 aliphatic rings. The Morgan fingerprint density at radius 2 is 1.83 bits per heavy atom. The molecule has 1 fully saturated rings. The van der Waals surface area contributed by atoms with E-state index in [4.69, 9.17) is 9.47 Å². The number of nitrogens with zero attached hydrogens (tertiary/aromatic N) is 2. The van der Waals surface area contributed by atoms with Crippen molar-refractivity contribution in [3.63, 3.8) is 0 Å². The lowest BCUT2D eigenvalue weighted by molar-refractivity contribution is 0.146. The Balaban J connectivity index is 1.42. The maximum absolute atomic E-state index is 5.61. The number of nitrogens with one attached hydrogen (secondary N) is 2.